The SMILES string of the molecule is CC1=C(C)N(C)C(=C=Cc2c(C(C)(C)C)[nH]n(C)c2=O)O1. The smallest absolute Gasteiger partial charge is 0.274 e. The molecule has 0 amide bonds. The first-order chi connectivity index (χ1) is 9.62. The molecule has 1 aliphatic heterocycles. The van der Waals surface area contributed by atoms with Crippen LogP contribution in [-0.4, -0.2) is 21.7 Å². The van der Waals surface area contributed by atoms with Gasteiger partial charge in [-0.15, -0.1) is 0 Å². The maximum atomic E-state index is 12.2. The van der Waals surface area contributed by atoms with Crippen molar-refractivity contribution in [1.29, 1.82) is 0 Å². The predicted octanol–water partition coefficient (Wildman–Crippen LogP) is 2.68. The predicted molar refractivity (Wildman–Crippen MR) is 83.4 cm³/mol. The molecule has 2 rings (SSSR count). The van der Waals surface area contributed by atoms with Gasteiger partial charge in [0.05, 0.1) is 17.0 Å². The Labute approximate surface area is 125 Å². The minimum atomic E-state index is -0.148. The van der Waals surface area contributed by atoms with Gasteiger partial charge in [0.1, 0.15) is 5.76 Å². The molecule has 0 aromatic carbocycles. The highest BCUT2D eigenvalue weighted by Gasteiger charge is 2.23. The standard InChI is InChI=1S/C16H23N3O2/c1-10-11(2)21-13(18(10)6)9-8-12-14(16(3,4)5)17-19(7)15(12)20/h8,17H,1-7H3. The maximum Gasteiger partial charge on any atom is 0.274 e. The molecule has 1 N–H and O–H groups in total. The van der Waals surface area contributed by atoms with Gasteiger partial charge < -0.3 is 9.64 Å². The molecule has 0 saturated heterocycles. The van der Waals surface area contributed by atoms with E-state index in [1.807, 2.05) is 25.8 Å². The van der Waals surface area contributed by atoms with E-state index in [0.717, 1.165) is 17.2 Å². The van der Waals surface area contributed by atoms with Crippen molar-refractivity contribution in [2.24, 2.45) is 7.05 Å². The zero-order valence-corrected chi connectivity index (χ0v) is 13.8. The summed E-state index contributed by atoms with van der Waals surface area (Å²) >= 11 is 0. The molecule has 5 heteroatoms. The van der Waals surface area contributed by atoms with Crippen molar-refractivity contribution in [1.82, 2.24) is 14.7 Å². The number of nitrogens with one attached hydrogen (secondary N) is 1. The Hall–Kier alpha value is -2.13. The number of nitrogens with zero attached hydrogens (tertiary/aromatic N) is 2. The van der Waals surface area contributed by atoms with Gasteiger partial charge in [-0.2, -0.15) is 0 Å². The largest absolute Gasteiger partial charge is 0.437 e. The number of H-pyrrole nitrogens is 1. The molecule has 0 saturated carbocycles. The Kier molecular flexibility index (Phi) is 3.64. The topological polar surface area (TPSA) is 50.3 Å². The second-order valence-electron chi connectivity index (χ2n) is 6.41. The Balaban J connectivity index is 2.51. The molecule has 2 heterocycles. The van der Waals surface area contributed by atoms with E-state index < -0.39 is 0 Å². The summed E-state index contributed by atoms with van der Waals surface area (Å²) in [5.41, 5.74) is 5.45. The maximum absolute atomic E-state index is 12.2. The van der Waals surface area contributed by atoms with Gasteiger partial charge in [-0.25, -0.2) is 0 Å². The zero-order valence-electron chi connectivity index (χ0n) is 13.8. The molecular weight excluding hydrogens is 266 g/mol. The van der Waals surface area contributed by atoms with Crippen LogP contribution in [0.1, 0.15) is 45.9 Å². The van der Waals surface area contributed by atoms with E-state index in [1.165, 1.54) is 4.68 Å². The van der Waals surface area contributed by atoms with E-state index >= 15 is 0 Å². The first-order valence-electron chi connectivity index (χ1n) is 6.98. The second kappa shape index (κ2) is 5.01. The quantitative estimate of drug-likeness (QED) is 0.809. The second-order valence-corrected chi connectivity index (χ2v) is 6.41. The van der Waals surface area contributed by atoms with Gasteiger partial charge in [0, 0.05) is 25.6 Å². The molecule has 5 nitrogen and oxygen atoms in total. The fraction of sp³-hybridized carbons (Fsp3) is 0.500. The minimum absolute atomic E-state index is 0.0601. The highest BCUT2D eigenvalue weighted by Crippen LogP contribution is 2.26. The van der Waals surface area contributed by atoms with Crippen molar-refractivity contribution >= 4 is 6.08 Å². The Morgan fingerprint density at radius 1 is 1.24 bits per heavy atom. The van der Waals surface area contributed by atoms with Crippen LogP contribution in [0.15, 0.2) is 27.9 Å². The number of hydrogen-bond donors (Lipinski definition) is 1. The third kappa shape index (κ3) is 2.69. The Morgan fingerprint density at radius 2 is 1.86 bits per heavy atom. The van der Waals surface area contributed by atoms with E-state index in [2.05, 4.69) is 31.6 Å². The van der Waals surface area contributed by atoms with Crippen molar-refractivity contribution in [3.63, 3.8) is 0 Å². The molecule has 1 aromatic rings. The van der Waals surface area contributed by atoms with Gasteiger partial charge >= 0.3 is 0 Å². The molecule has 1 aromatic heterocycles. The molecule has 0 fully saturated rings. The van der Waals surface area contributed by atoms with Crippen LogP contribution in [0.4, 0.5) is 0 Å². The summed E-state index contributed by atoms with van der Waals surface area (Å²) in [6, 6.07) is 0. The van der Waals surface area contributed by atoms with Crippen LogP contribution < -0.4 is 5.56 Å². The average Bonchev–Trinajstić information content (AvgIpc) is 2.80. The van der Waals surface area contributed by atoms with Gasteiger partial charge in [-0.05, 0) is 13.8 Å². The lowest BCUT2D eigenvalue weighted by molar-refractivity contribution is 0.268. The summed E-state index contributed by atoms with van der Waals surface area (Å²) in [5, 5.41) is 3.12. The van der Waals surface area contributed by atoms with Crippen molar-refractivity contribution in [2.45, 2.75) is 40.0 Å². The van der Waals surface area contributed by atoms with Crippen LogP contribution >= 0.6 is 0 Å². The average molecular weight is 289 g/mol. The van der Waals surface area contributed by atoms with Gasteiger partial charge in [0.25, 0.3) is 5.56 Å². The molecule has 0 spiro atoms. The molecule has 0 unspecified atom stereocenters. The highest BCUT2D eigenvalue weighted by molar-refractivity contribution is 5.52. The first-order valence-corrected chi connectivity index (χ1v) is 6.98. The lowest BCUT2D eigenvalue weighted by Gasteiger charge is -2.17. The third-order valence-electron chi connectivity index (χ3n) is 3.74. The van der Waals surface area contributed by atoms with E-state index in [0.29, 0.717) is 11.4 Å². The first kappa shape index (κ1) is 15.3. The van der Waals surface area contributed by atoms with Crippen molar-refractivity contribution in [3.8, 4) is 0 Å². The number of aromatic amines is 1. The molecule has 1 aliphatic rings. The molecule has 0 atom stereocenters. The van der Waals surface area contributed by atoms with Gasteiger partial charge in [0.15, 0.2) is 0 Å². The summed E-state index contributed by atoms with van der Waals surface area (Å²) in [4.78, 5) is 14.2. The van der Waals surface area contributed by atoms with Crippen molar-refractivity contribution in [2.75, 3.05) is 7.05 Å². The van der Waals surface area contributed by atoms with Gasteiger partial charge in [-0.1, -0.05) is 26.5 Å². The lowest BCUT2D eigenvalue weighted by atomic mass is 9.89. The van der Waals surface area contributed by atoms with Crippen LogP contribution in [0.2, 0.25) is 0 Å². The zero-order chi connectivity index (χ0) is 15.9. The van der Waals surface area contributed by atoms with E-state index in [1.54, 1.807) is 13.1 Å². The number of hydrogen-bond acceptors (Lipinski definition) is 3. The van der Waals surface area contributed by atoms with Crippen LogP contribution in [0.3, 0.4) is 0 Å². The number of aromatic nitrogens is 2. The monoisotopic (exact) mass is 289 g/mol. The summed E-state index contributed by atoms with van der Waals surface area (Å²) in [6.07, 6.45) is 1.71. The number of ether oxygens (including phenoxy) is 1. The summed E-state index contributed by atoms with van der Waals surface area (Å²) < 4.78 is 7.13. The molecular formula is C16H23N3O2. The van der Waals surface area contributed by atoms with Crippen LogP contribution in [0, 0.1) is 0 Å². The normalized spacial score (nSPS) is 15.4. The number of allylic oxidation sites excluding steroid dienone is 2. The van der Waals surface area contributed by atoms with Gasteiger partial charge in [-0.3, -0.25) is 14.6 Å². The lowest BCUT2D eigenvalue weighted by Crippen LogP contribution is -2.15. The third-order valence-corrected chi connectivity index (χ3v) is 3.74. The van der Waals surface area contributed by atoms with Crippen molar-refractivity contribution < 1.29 is 4.74 Å². The molecule has 0 radical (unpaired) electrons. The summed E-state index contributed by atoms with van der Waals surface area (Å²) in [7, 11) is 3.64. The van der Waals surface area contributed by atoms with Crippen LogP contribution in [-0.2, 0) is 17.2 Å². The molecule has 114 valence electrons. The van der Waals surface area contributed by atoms with E-state index in [4.69, 9.17) is 4.74 Å². The summed E-state index contributed by atoms with van der Waals surface area (Å²) in [6.45, 7) is 10.1. The minimum Gasteiger partial charge on any atom is -0.437 e. The fourth-order valence-corrected chi connectivity index (χ4v) is 2.21. The Bertz CT molecular complexity index is 720. The van der Waals surface area contributed by atoms with E-state index in [9.17, 15) is 4.79 Å². The Morgan fingerprint density at radius 3 is 2.33 bits per heavy atom. The highest BCUT2D eigenvalue weighted by atomic mass is 16.5. The summed E-state index contributed by atoms with van der Waals surface area (Å²) in [5.74, 6) is 1.46. The van der Waals surface area contributed by atoms with Crippen LogP contribution in [0.25, 0.3) is 6.08 Å². The molecule has 0 bridgehead atoms. The fourth-order valence-electron chi connectivity index (χ4n) is 2.21. The van der Waals surface area contributed by atoms with Crippen molar-refractivity contribution in [3.05, 3.63) is 44.7 Å². The van der Waals surface area contributed by atoms with Gasteiger partial charge in [0.2, 0.25) is 5.88 Å². The van der Waals surface area contributed by atoms with E-state index in [-0.39, 0.29) is 11.0 Å². The molecule has 21 heavy (non-hydrogen) atoms. The number of aryl methyl sites for hydroxylation is 1. The molecule has 0 aliphatic carbocycles. The van der Waals surface area contributed by atoms with Crippen LogP contribution in [0.5, 0.6) is 0 Å². The number of rotatable bonds is 1.